The van der Waals surface area contributed by atoms with E-state index in [4.69, 9.17) is 27.9 Å². The molecular weight excluding hydrogens is 377 g/mol. The van der Waals surface area contributed by atoms with Crippen LogP contribution in [-0.2, 0) is 9.59 Å². The molecule has 0 aliphatic carbocycles. The quantitative estimate of drug-likeness (QED) is 0.752. The van der Waals surface area contributed by atoms with Gasteiger partial charge in [-0.05, 0) is 31.3 Å². The number of nitrogens with zero attached hydrogens (tertiary/aromatic N) is 1. The molecule has 2 N–H and O–H groups in total. The maximum Gasteiger partial charge on any atom is 0.238 e. The smallest absolute Gasteiger partial charge is 0.238 e. The third-order valence-corrected chi connectivity index (χ3v) is 4.23. The van der Waals surface area contributed by atoms with Gasteiger partial charge in [-0.1, -0.05) is 35.3 Å². The number of carbonyl (C=O) groups is 2. The summed E-state index contributed by atoms with van der Waals surface area (Å²) in [5, 5.41) is 6.07. The van der Waals surface area contributed by atoms with Gasteiger partial charge in [0.25, 0.3) is 0 Å². The van der Waals surface area contributed by atoms with Crippen LogP contribution in [0.2, 0.25) is 10.0 Å². The summed E-state index contributed by atoms with van der Waals surface area (Å²) in [5.74, 6) is 0.106. The van der Waals surface area contributed by atoms with Gasteiger partial charge in [0.2, 0.25) is 11.8 Å². The van der Waals surface area contributed by atoms with Crippen LogP contribution >= 0.6 is 23.2 Å². The summed E-state index contributed by atoms with van der Waals surface area (Å²) in [6.45, 7) is 0.0717. The lowest BCUT2D eigenvalue weighted by Gasteiger charge is -2.16. The summed E-state index contributed by atoms with van der Waals surface area (Å²) in [7, 11) is 3.23. The summed E-state index contributed by atoms with van der Waals surface area (Å²) >= 11 is 12.0. The zero-order valence-corrected chi connectivity index (χ0v) is 15.9. The summed E-state index contributed by atoms with van der Waals surface area (Å²) in [6, 6.07) is 12.0. The first-order valence-corrected chi connectivity index (χ1v) is 8.51. The number of methoxy groups -OCH3 is 1. The number of ether oxygens (including phenoxy) is 1. The van der Waals surface area contributed by atoms with Gasteiger partial charge in [0, 0.05) is 11.8 Å². The number of anilines is 2. The predicted molar refractivity (Wildman–Crippen MR) is 104 cm³/mol. The molecule has 0 aliphatic rings. The fourth-order valence-corrected chi connectivity index (χ4v) is 2.59. The second-order valence-electron chi connectivity index (χ2n) is 5.60. The average Bonchev–Trinajstić information content (AvgIpc) is 2.58. The van der Waals surface area contributed by atoms with Crippen LogP contribution in [0, 0.1) is 0 Å². The first-order chi connectivity index (χ1) is 12.4. The molecule has 2 aromatic carbocycles. The topological polar surface area (TPSA) is 70.7 Å². The molecule has 0 aliphatic heterocycles. The Kier molecular flexibility index (Phi) is 7.26. The van der Waals surface area contributed by atoms with Gasteiger partial charge in [-0.3, -0.25) is 14.5 Å². The largest absolute Gasteiger partial charge is 0.497 e. The number of likely N-dealkylation sites (N-methyl/N-ethyl adjacent to an activating group) is 1. The van der Waals surface area contributed by atoms with Crippen LogP contribution in [0.15, 0.2) is 42.5 Å². The molecule has 0 aromatic heterocycles. The van der Waals surface area contributed by atoms with Crippen LogP contribution < -0.4 is 15.4 Å². The van der Waals surface area contributed by atoms with Crippen molar-refractivity contribution in [3.8, 4) is 5.75 Å². The van der Waals surface area contributed by atoms with Crippen molar-refractivity contribution in [3.05, 3.63) is 52.5 Å². The molecule has 8 heteroatoms. The van der Waals surface area contributed by atoms with Crippen molar-refractivity contribution in [3.63, 3.8) is 0 Å². The molecule has 0 atom stereocenters. The van der Waals surface area contributed by atoms with Crippen molar-refractivity contribution in [2.24, 2.45) is 0 Å². The number of hydrogen-bond acceptors (Lipinski definition) is 4. The first kappa shape index (κ1) is 20.0. The SMILES string of the molecule is COc1cccc(NC(=O)CN(C)CC(=O)Nc2cccc(Cl)c2Cl)c1. The van der Waals surface area contributed by atoms with Gasteiger partial charge in [0.15, 0.2) is 0 Å². The zero-order valence-electron chi connectivity index (χ0n) is 14.4. The Morgan fingerprint density at radius 3 is 2.38 bits per heavy atom. The summed E-state index contributed by atoms with van der Waals surface area (Å²) in [5.41, 5.74) is 1.05. The van der Waals surface area contributed by atoms with E-state index in [-0.39, 0.29) is 29.9 Å². The number of amides is 2. The monoisotopic (exact) mass is 395 g/mol. The molecule has 0 saturated carbocycles. The molecule has 26 heavy (non-hydrogen) atoms. The predicted octanol–water partition coefficient (Wildman–Crippen LogP) is 3.51. The second-order valence-corrected chi connectivity index (χ2v) is 6.39. The molecule has 0 spiro atoms. The van der Waals surface area contributed by atoms with Crippen molar-refractivity contribution in [2.75, 3.05) is 37.9 Å². The van der Waals surface area contributed by atoms with Crippen LogP contribution in [0.25, 0.3) is 0 Å². The van der Waals surface area contributed by atoms with Crippen LogP contribution in [0.3, 0.4) is 0 Å². The van der Waals surface area contributed by atoms with E-state index in [1.54, 1.807) is 61.5 Å². The second kappa shape index (κ2) is 9.43. The molecule has 6 nitrogen and oxygen atoms in total. The fourth-order valence-electron chi connectivity index (χ4n) is 2.24. The highest BCUT2D eigenvalue weighted by molar-refractivity contribution is 6.44. The number of halogens is 2. The normalized spacial score (nSPS) is 10.5. The molecule has 0 bridgehead atoms. The van der Waals surface area contributed by atoms with Crippen LogP contribution in [0.1, 0.15) is 0 Å². The number of carbonyl (C=O) groups excluding carboxylic acids is 2. The lowest BCUT2D eigenvalue weighted by atomic mass is 10.3. The number of hydrogen-bond donors (Lipinski definition) is 2. The Labute approximate surface area is 162 Å². The van der Waals surface area contributed by atoms with E-state index in [0.29, 0.717) is 22.1 Å². The van der Waals surface area contributed by atoms with Crippen molar-refractivity contribution < 1.29 is 14.3 Å². The van der Waals surface area contributed by atoms with Crippen molar-refractivity contribution in [1.29, 1.82) is 0 Å². The number of nitrogens with one attached hydrogen (secondary N) is 2. The molecule has 2 aromatic rings. The van der Waals surface area contributed by atoms with Gasteiger partial charge < -0.3 is 15.4 Å². The Balaban J connectivity index is 1.85. The summed E-state index contributed by atoms with van der Waals surface area (Å²) in [6.07, 6.45) is 0. The van der Waals surface area contributed by atoms with E-state index in [1.807, 2.05) is 0 Å². The van der Waals surface area contributed by atoms with Crippen LogP contribution in [0.4, 0.5) is 11.4 Å². The Bertz CT molecular complexity index is 799. The minimum Gasteiger partial charge on any atom is -0.497 e. The van der Waals surface area contributed by atoms with Gasteiger partial charge in [0.05, 0.1) is 35.9 Å². The lowest BCUT2D eigenvalue weighted by molar-refractivity contribution is -0.119. The Morgan fingerprint density at radius 1 is 1.04 bits per heavy atom. The highest BCUT2D eigenvalue weighted by Gasteiger charge is 2.13. The molecule has 0 unspecified atom stereocenters. The van der Waals surface area contributed by atoms with Crippen LogP contribution in [0.5, 0.6) is 5.75 Å². The number of rotatable bonds is 7. The fraction of sp³-hybridized carbons (Fsp3) is 0.222. The minimum atomic E-state index is -0.300. The van der Waals surface area contributed by atoms with Crippen molar-refractivity contribution in [1.82, 2.24) is 4.90 Å². The van der Waals surface area contributed by atoms with E-state index < -0.39 is 0 Å². The molecule has 0 radical (unpaired) electrons. The Hall–Kier alpha value is -2.28. The van der Waals surface area contributed by atoms with E-state index in [2.05, 4.69) is 10.6 Å². The van der Waals surface area contributed by atoms with E-state index in [9.17, 15) is 9.59 Å². The highest BCUT2D eigenvalue weighted by Crippen LogP contribution is 2.29. The zero-order chi connectivity index (χ0) is 19.1. The molecule has 2 amide bonds. The maximum absolute atomic E-state index is 12.1. The molecule has 138 valence electrons. The van der Waals surface area contributed by atoms with Gasteiger partial charge in [0.1, 0.15) is 5.75 Å². The molecule has 0 fully saturated rings. The maximum atomic E-state index is 12.1. The van der Waals surface area contributed by atoms with Crippen molar-refractivity contribution in [2.45, 2.75) is 0 Å². The van der Waals surface area contributed by atoms with Crippen LogP contribution in [-0.4, -0.2) is 44.0 Å². The van der Waals surface area contributed by atoms with E-state index in [0.717, 1.165) is 0 Å². The van der Waals surface area contributed by atoms with Gasteiger partial charge >= 0.3 is 0 Å². The summed E-state index contributed by atoms with van der Waals surface area (Å²) in [4.78, 5) is 25.8. The van der Waals surface area contributed by atoms with Gasteiger partial charge in [-0.2, -0.15) is 0 Å². The van der Waals surface area contributed by atoms with Gasteiger partial charge in [-0.25, -0.2) is 0 Å². The minimum absolute atomic E-state index is 0.0222. The van der Waals surface area contributed by atoms with Crippen molar-refractivity contribution >= 4 is 46.4 Å². The highest BCUT2D eigenvalue weighted by atomic mass is 35.5. The molecule has 0 heterocycles. The third-order valence-electron chi connectivity index (χ3n) is 3.41. The standard InChI is InChI=1S/C18H19Cl2N3O3/c1-23(10-16(24)21-12-5-3-6-13(9-12)26-2)11-17(25)22-15-8-4-7-14(19)18(15)20/h3-9H,10-11H2,1-2H3,(H,21,24)(H,22,25). The lowest BCUT2D eigenvalue weighted by Crippen LogP contribution is -2.36. The molecule has 2 rings (SSSR count). The van der Waals surface area contributed by atoms with Gasteiger partial charge in [-0.15, -0.1) is 0 Å². The third kappa shape index (κ3) is 5.91. The Morgan fingerprint density at radius 2 is 1.69 bits per heavy atom. The number of benzene rings is 2. The first-order valence-electron chi connectivity index (χ1n) is 7.75. The molecule has 0 saturated heterocycles. The average molecular weight is 396 g/mol. The molecular formula is C18H19Cl2N3O3. The van der Waals surface area contributed by atoms with E-state index >= 15 is 0 Å². The summed E-state index contributed by atoms with van der Waals surface area (Å²) < 4.78 is 5.11. The van der Waals surface area contributed by atoms with E-state index in [1.165, 1.54) is 0 Å².